The Bertz CT molecular complexity index is 217. The second kappa shape index (κ2) is 3.10. The number of hydrogen-bond acceptors (Lipinski definition) is 3. The lowest BCUT2D eigenvalue weighted by Gasteiger charge is -2.21. The van der Waals surface area contributed by atoms with E-state index in [0.29, 0.717) is 13.0 Å². The molecule has 12 heavy (non-hydrogen) atoms. The number of nitrogens with two attached hydrogens (primary N) is 1. The van der Waals surface area contributed by atoms with Crippen LogP contribution in [0.5, 0.6) is 0 Å². The van der Waals surface area contributed by atoms with Gasteiger partial charge in [0.05, 0.1) is 0 Å². The molecule has 1 aliphatic heterocycles. The maximum atomic E-state index is 10.9. The summed E-state index contributed by atoms with van der Waals surface area (Å²) in [6.45, 7) is 1.81. The number of nitrogens with zero attached hydrogens (tertiary/aromatic N) is 1. The smallest absolute Gasteiger partial charge is 0.328 e. The molecule has 0 spiro atoms. The van der Waals surface area contributed by atoms with Crippen molar-refractivity contribution in [3.8, 4) is 0 Å². The zero-order chi connectivity index (χ0) is 9.30. The second-order valence-electron chi connectivity index (χ2n) is 2.95. The predicted molar refractivity (Wildman–Crippen MR) is 41.4 cm³/mol. The van der Waals surface area contributed by atoms with Crippen molar-refractivity contribution in [2.45, 2.75) is 25.4 Å². The summed E-state index contributed by atoms with van der Waals surface area (Å²) in [5, 5.41) is 8.73. The second-order valence-corrected chi connectivity index (χ2v) is 2.95. The van der Waals surface area contributed by atoms with E-state index in [2.05, 4.69) is 0 Å². The van der Waals surface area contributed by atoms with Crippen molar-refractivity contribution in [3.05, 3.63) is 0 Å². The highest BCUT2D eigenvalue weighted by Crippen LogP contribution is 2.16. The van der Waals surface area contributed by atoms with Crippen molar-refractivity contribution in [3.63, 3.8) is 0 Å². The zero-order valence-corrected chi connectivity index (χ0v) is 6.86. The van der Waals surface area contributed by atoms with Crippen molar-refractivity contribution in [2.75, 3.05) is 6.54 Å². The number of carboxylic acids is 1. The highest BCUT2D eigenvalue weighted by molar-refractivity contribution is 5.83. The highest BCUT2D eigenvalue weighted by Gasteiger charge is 2.38. The fourth-order valence-electron chi connectivity index (χ4n) is 1.49. The van der Waals surface area contributed by atoms with E-state index in [0.717, 1.165) is 0 Å². The van der Waals surface area contributed by atoms with Crippen LogP contribution in [0, 0.1) is 0 Å². The van der Waals surface area contributed by atoms with Gasteiger partial charge < -0.3 is 15.7 Å². The van der Waals surface area contributed by atoms with Gasteiger partial charge in [0.2, 0.25) is 5.91 Å². The standard InChI is InChI=1S/C7H12N2O3/c1-4(10)9-3-2-5(8)6(9)7(11)12/h5-6H,2-3,8H2,1H3,(H,11,12)/t5-,6-/m1/s1. The van der Waals surface area contributed by atoms with Gasteiger partial charge in [-0.3, -0.25) is 4.79 Å². The quantitative estimate of drug-likeness (QED) is 0.532. The Hall–Kier alpha value is -1.10. The van der Waals surface area contributed by atoms with Crippen LogP contribution >= 0.6 is 0 Å². The van der Waals surface area contributed by atoms with Crippen LogP contribution in [0.4, 0.5) is 0 Å². The van der Waals surface area contributed by atoms with Gasteiger partial charge in [-0.15, -0.1) is 0 Å². The largest absolute Gasteiger partial charge is 0.480 e. The van der Waals surface area contributed by atoms with Crippen LogP contribution in [-0.2, 0) is 9.59 Å². The maximum absolute atomic E-state index is 10.9. The van der Waals surface area contributed by atoms with Crippen molar-refractivity contribution in [2.24, 2.45) is 5.73 Å². The van der Waals surface area contributed by atoms with Crippen LogP contribution in [0.15, 0.2) is 0 Å². The van der Waals surface area contributed by atoms with Crippen LogP contribution in [0.3, 0.4) is 0 Å². The van der Waals surface area contributed by atoms with Crippen molar-refractivity contribution >= 4 is 11.9 Å². The monoisotopic (exact) mass is 172 g/mol. The minimum atomic E-state index is -1.02. The van der Waals surface area contributed by atoms with E-state index in [-0.39, 0.29) is 5.91 Å². The highest BCUT2D eigenvalue weighted by atomic mass is 16.4. The van der Waals surface area contributed by atoms with Gasteiger partial charge in [0, 0.05) is 19.5 Å². The number of rotatable bonds is 1. The van der Waals surface area contributed by atoms with E-state index in [4.69, 9.17) is 10.8 Å². The Morgan fingerprint density at radius 3 is 2.50 bits per heavy atom. The normalized spacial score (nSPS) is 29.0. The van der Waals surface area contributed by atoms with Crippen molar-refractivity contribution in [1.82, 2.24) is 4.90 Å². The van der Waals surface area contributed by atoms with E-state index in [9.17, 15) is 9.59 Å². The molecule has 0 radical (unpaired) electrons. The molecule has 0 bridgehead atoms. The third kappa shape index (κ3) is 1.40. The molecule has 3 N–H and O–H groups in total. The Morgan fingerprint density at radius 1 is 1.58 bits per heavy atom. The van der Waals surface area contributed by atoms with Crippen LogP contribution in [0.25, 0.3) is 0 Å². The SMILES string of the molecule is CC(=O)N1CC[C@@H](N)[C@@H]1C(=O)O. The van der Waals surface area contributed by atoms with Gasteiger partial charge in [-0.05, 0) is 6.42 Å². The van der Waals surface area contributed by atoms with Crippen LogP contribution in [0.2, 0.25) is 0 Å². The van der Waals surface area contributed by atoms with E-state index < -0.39 is 18.1 Å². The van der Waals surface area contributed by atoms with Gasteiger partial charge in [0.1, 0.15) is 6.04 Å². The van der Waals surface area contributed by atoms with E-state index in [1.165, 1.54) is 11.8 Å². The molecule has 0 aliphatic carbocycles. The third-order valence-electron chi connectivity index (χ3n) is 2.10. The third-order valence-corrected chi connectivity index (χ3v) is 2.10. The van der Waals surface area contributed by atoms with E-state index in [1.54, 1.807) is 0 Å². The molecule has 0 aromatic rings. The van der Waals surface area contributed by atoms with Gasteiger partial charge in [0.15, 0.2) is 0 Å². The van der Waals surface area contributed by atoms with E-state index >= 15 is 0 Å². The number of carboxylic acid groups (broad SMARTS) is 1. The molecule has 1 saturated heterocycles. The molecular formula is C7H12N2O3. The molecule has 0 aromatic heterocycles. The Kier molecular flexibility index (Phi) is 2.32. The number of aliphatic carboxylic acids is 1. The summed E-state index contributed by atoms with van der Waals surface area (Å²) in [5.74, 6) is -1.24. The average molecular weight is 172 g/mol. The van der Waals surface area contributed by atoms with Crippen LogP contribution in [0.1, 0.15) is 13.3 Å². The van der Waals surface area contributed by atoms with Crippen molar-refractivity contribution < 1.29 is 14.7 Å². The minimum absolute atomic E-state index is 0.227. The number of hydrogen-bond donors (Lipinski definition) is 2. The van der Waals surface area contributed by atoms with Gasteiger partial charge in [-0.25, -0.2) is 4.79 Å². The first-order valence-electron chi connectivity index (χ1n) is 3.79. The molecule has 1 fully saturated rings. The Balaban J connectivity index is 2.77. The van der Waals surface area contributed by atoms with Gasteiger partial charge >= 0.3 is 5.97 Å². The molecule has 1 rings (SSSR count). The number of carbonyl (C=O) groups is 2. The summed E-state index contributed by atoms with van der Waals surface area (Å²) in [5.41, 5.74) is 5.53. The van der Waals surface area contributed by atoms with Gasteiger partial charge in [0.25, 0.3) is 0 Å². The first-order chi connectivity index (χ1) is 5.54. The predicted octanol–water partition coefficient (Wildman–Crippen LogP) is -0.981. The topological polar surface area (TPSA) is 83.6 Å². The molecule has 2 atom stereocenters. The molecule has 1 aliphatic rings. The fraction of sp³-hybridized carbons (Fsp3) is 0.714. The molecule has 1 amide bonds. The average Bonchev–Trinajstić information content (AvgIpc) is 2.30. The molecule has 5 heteroatoms. The molecule has 1 heterocycles. The summed E-state index contributed by atoms with van der Waals surface area (Å²) in [7, 11) is 0. The number of likely N-dealkylation sites (tertiary alicyclic amines) is 1. The summed E-state index contributed by atoms with van der Waals surface area (Å²) < 4.78 is 0. The lowest BCUT2D eigenvalue weighted by molar-refractivity contribution is -0.147. The summed E-state index contributed by atoms with van der Waals surface area (Å²) >= 11 is 0. The molecule has 68 valence electrons. The van der Waals surface area contributed by atoms with E-state index in [1.807, 2.05) is 0 Å². The Morgan fingerprint density at radius 2 is 2.17 bits per heavy atom. The molecule has 0 saturated carbocycles. The number of amides is 1. The molecule has 0 aromatic carbocycles. The summed E-state index contributed by atoms with van der Waals surface area (Å²) in [4.78, 5) is 22.9. The van der Waals surface area contributed by atoms with Crippen molar-refractivity contribution in [1.29, 1.82) is 0 Å². The summed E-state index contributed by atoms with van der Waals surface area (Å²) in [6, 6.07) is -1.26. The molecule has 0 unspecified atom stereocenters. The zero-order valence-electron chi connectivity index (χ0n) is 6.86. The minimum Gasteiger partial charge on any atom is -0.480 e. The fourth-order valence-corrected chi connectivity index (χ4v) is 1.49. The molecule has 5 nitrogen and oxygen atoms in total. The first kappa shape index (κ1) is 8.99. The molecular weight excluding hydrogens is 160 g/mol. The van der Waals surface area contributed by atoms with Gasteiger partial charge in [-0.1, -0.05) is 0 Å². The van der Waals surface area contributed by atoms with Crippen LogP contribution < -0.4 is 5.73 Å². The van der Waals surface area contributed by atoms with Gasteiger partial charge in [-0.2, -0.15) is 0 Å². The Labute approximate surface area is 70.1 Å². The first-order valence-corrected chi connectivity index (χ1v) is 3.79. The number of carbonyl (C=O) groups excluding carboxylic acids is 1. The maximum Gasteiger partial charge on any atom is 0.328 e. The summed E-state index contributed by atoms with van der Waals surface area (Å²) in [6.07, 6.45) is 0.566. The lowest BCUT2D eigenvalue weighted by Crippen LogP contribution is -2.47. The van der Waals surface area contributed by atoms with Crippen LogP contribution in [-0.4, -0.2) is 40.5 Å². The lowest BCUT2D eigenvalue weighted by atomic mass is 10.1.